The fraction of sp³-hybridized carbons (Fsp3) is 0.628. The summed E-state index contributed by atoms with van der Waals surface area (Å²) >= 11 is 0. The Bertz CT molecular complexity index is 1370. The van der Waals surface area contributed by atoms with E-state index >= 15 is 0 Å². The minimum Gasteiger partial charge on any atom is -0.465 e. The maximum absolute atomic E-state index is 12.4. The molecule has 1 aliphatic carbocycles. The Morgan fingerprint density at radius 2 is 1.40 bits per heavy atom. The van der Waals surface area contributed by atoms with Crippen molar-refractivity contribution in [3.8, 4) is 24.7 Å². The van der Waals surface area contributed by atoms with Crippen LogP contribution in [0.5, 0.6) is 0 Å². The lowest BCUT2D eigenvalue weighted by Crippen LogP contribution is -2.37. The van der Waals surface area contributed by atoms with E-state index < -0.39 is 54.1 Å². The molecule has 12 heteroatoms. The normalized spacial score (nSPS) is 19.1. The third kappa shape index (κ3) is 20.2. The summed E-state index contributed by atoms with van der Waals surface area (Å²) in [5.74, 6) is 3.09. The van der Waals surface area contributed by atoms with Gasteiger partial charge in [-0.05, 0) is 88.5 Å². The van der Waals surface area contributed by atoms with Crippen molar-refractivity contribution in [2.75, 3.05) is 19.8 Å². The zero-order chi connectivity index (χ0) is 40.5. The summed E-state index contributed by atoms with van der Waals surface area (Å²) in [7, 11) is 0. The Morgan fingerprint density at radius 3 is 2.02 bits per heavy atom. The van der Waals surface area contributed by atoms with E-state index in [2.05, 4.69) is 11.8 Å². The number of hydrogen-bond donors (Lipinski definition) is 3. The van der Waals surface area contributed by atoms with Crippen LogP contribution in [0.4, 0.5) is 4.79 Å². The Kier molecular flexibility index (Phi) is 22.5. The lowest BCUT2D eigenvalue weighted by atomic mass is 9.85. The van der Waals surface area contributed by atoms with Crippen molar-refractivity contribution in [1.82, 2.24) is 0 Å². The molecular formula is C43H60O12. The van der Waals surface area contributed by atoms with E-state index in [4.69, 9.17) is 36.5 Å². The predicted octanol–water partition coefficient (Wildman–Crippen LogP) is 5.98. The SMILES string of the molecule is C#CCCCC(=O)OCC(C)(COC(=O)CCCC#C)COC(=O)OC(C)OC(=O)CCC/C=C\C[C@@H]1[C@@H](CCC(O)CCc2ccccc2)[C@H](O)C[C@@H]1O. The van der Waals surface area contributed by atoms with Crippen molar-refractivity contribution in [1.29, 1.82) is 0 Å². The summed E-state index contributed by atoms with van der Waals surface area (Å²) in [6.07, 6.45) is 16.8. The van der Waals surface area contributed by atoms with Crippen LogP contribution in [0.2, 0.25) is 0 Å². The van der Waals surface area contributed by atoms with Gasteiger partial charge in [0.05, 0.1) is 23.7 Å². The van der Waals surface area contributed by atoms with Crippen LogP contribution in [0.25, 0.3) is 0 Å². The van der Waals surface area contributed by atoms with Crippen molar-refractivity contribution in [3.63, 3.8) is 0 Å². The Balaban J connectivity index is 1.72. The van der Waals surface area contributed by atoms with E-state index in [-0.39, 0.29) is 50.9 Å². The van der Waals surface area contributed by atoms with E-state index in [1.165, 1.54) is 12.5 Å². The minimum atomic E-state index is -1.24. The molecule has 0 aliphatic heterocycles. The van der Waals surface area contributed by atoms with Crippen molar-refractivity contribution in [2.45, 2.75) is 135 Å². The maximum atomic E-state index is 12.4. The number of aryl methyl sites for hydroxylation is 1. The van der Waals surface area contributed by atoms with E-state index in [0.29, 0.717) is 70.6 Å². The molecule has 55 heavy (non-hydrogen) atoms. The van der Waals surface area contributed by atoms with Crippen molar-refractivity contribution in [2.24, 2.45) is 17.3 Å². The lowest BCUT2D eigenvalue weighted by molar-refractivity contribution is -0.169. The Labute approximate surface area is 326 Å². The van der Waals surface area contributed by atoms with Crippen LogP contribution in [0.3, 0.4) is 0 Å². The molecule has 0 bridgehead atoms. The van der Waals surface area contributed by atoms with Crippen LogP contribution in [-0.2, 0) is 44.5 Å². The smallest absolute Gasteiger partial charge is 0.465 e. The highest BCUT2D eigenvalue weighted by molar-refractivity contribution is 5.70. The van der Waals surface area contributed by atoms with Gasteiger partial charge in [0.25, 0.3) is 0 Å². The van der Waals surface area contributed by atoms with E-state index in [9.17, 15) is 34.5 Å². The molecular weight excluding hydrogens is 708 g/mol. The van der Waals surface area contributed by atoms with Gasteiger partial charge in [0.15, 0.2) is 0 Å². The molecule has 2 rings (SSSR count). The summed E-state index contributed by atoms with van der Waals surface area (Å²) < 4.78 is 26.1. The number of allylic oxidation sites excluding steroid dienone is 2. The topological polar surface area (TPSA) is 175 Å². The highest BCUT2D eigenvalue weighted by Crippen LogP contribution is 2.38. The Morgan fingerprint density at radius 1 is 0.818 bits per heavy atom. The molecule has 2 unspecified atom stereocenters. The van der Waals surface area contributed by atoms with E-state index in [1.807, 2.05) is 42.5 Å². The van der Waals surface area contributed by atoms with Crippen LogP contribution in [-0.4, -0.2) is 83.8 Å². The maximum Gasteiger partial charge on any atom is 0.511 e. The molecule has 3 N–H and O–H groups in total. The quantitative estimate of drug-likeness (QED) is 0.0252. The van der Waals surface area contributed by atoms with Gasteiger partial charge < -0.3 is 39.0 Å². The average Bonchev–Trinajstić information content (AvgIpc) is 3.43. The number of hydrogen-bond acceptors (Lipinski definition) is 12. The molecule has 1 aliphatic rings. The first kappa shape index (κ1) is 46.8. The van der Waals surface area contributed by atoms with E-state index in [0.717, 1.165) is 6.42 Å². The first-order chi connectivity index (χ1) is 26.4. The highest BCUT2D eigenvalue weighted by Gasteiger charge is 2.40. The van der Waals surface area contributed by atoms with Gasteiger partial charge in [-0.3, -0.25) is 14.4 Å². The largest absolute Gasteiger partial charge is 0.511 e. The van der Waals surface area contributed by atoms with Crippen LogP contribution in [0.15, 0.2) is 42.5 Å². The number of aliphatic hydroxyl groups excluding tert-OH is 3. The molecule has 0 aromatic heterocycles. The predicted molar refractivity (Wildman–Crippen MR) is 205 cm³/mol. The van der Waals surface area contributed by atoms with Crippen molar-refractivity contribution in [3.05, 3.63) is 48.0 Å². The molecule has 0 saturated heterocycles. The van der Waals surface area contributed by atoms with Gasteiger partial charge in [-0.25, -0.2) is 4.79 Å². The average molecular weight is 769 g/mol. The molecule has 1 aromatic rings. The van der Waals surface area contributed by atoms with Crippen molar-refractivity contribution < 1.29 is 58.2 Å². The second kappa shape index (κ2) is 26.4. The highest BCUT2D eigenvalue weighted by atomic mass is 16.8. The molecule has 6 atom stereocenters. The van der Waals surface area contributed by atoms with Gasteiger partial charge in [-0.2, -0.15) is 0 Å². The summed E-state index contributed by atoms with van der Waals surface area (Å²) in [6, 6.07) is 9.99. The standard InChI is InChI=1S/C43H60O12/c1-5-7-12-21-39(47)51-29-43(4,30-52-40(48)22-13-8-6-2)31-53-42(50)55-32(3)54-41(49)23-17-10-9-16-20-35-36(38(46)28-37(35)45)27-26-34(44)25-24-33-18-14-11-15-19-33/h1-2,9,11,14-16,18-19,32,34-38,44-46H,7-8,10,12-13,17,20-31H2,3-4H3/b16-9-/t32?,34?,35-,36-,37+,38-/m1/s1. The number of rotatable bonds is 26. The third-order valence-electron chi connectivity index (χ3n) is 9.46. The van der Waals surface area contributed by atoms with Gasteiger partial charge in [0.1, 0.15) is 19.8 Å². The summed E-state index contributed by atoms with van der Waals surface area (Å²) in [6.45, 7) is 2.22. The zero-order valence-electron chi connectivity index (χ0n) is 32.4. The number of esters is 3. The first-order valence-corrected chi connectivity index (χ1v) is 19.3. The number of benzene rings is 1. The number of ether oxygens (including phenoxy) is 5. The fourth-order valence-corrected chi connectivity index (χ4v) is 6.27. The second-order valence-electron chi connectivity index (χ2n) is 14.5. The third-order valence-corrected chi connectivity index (χ3v) is 9.46. The van der Waals surface area contributed by atoms with Crippen molar-refractivity contribution >= 4 is 24.1 Å². The molecule has 12 nitrogen and oxygen atoms in total. The monoisotopic (exact) mass is 768 g/mol. The number of terminal acetylenes is 2. The van der Waals surface area contributed by atoms with Crippen LogP contribution >= 0.6 is 0 Å². The summed E-state index contributed by atoms with van der Waals surface area (Å²) in [5, 5.41) is 31.7. The lowest BCUT2D eigenvalue weighted by Gasteiger charge is -2.28. The van der Waals surface area contributed by atoms with Crippen LogP contribution < -0.4 is 0 Å². The first-order valence-electron chi connectivity index (χ1n) is 19.3. The Hall–Kier alpha value is -4.36. The number of carbonyl (C=O) groups is 4. The molecule has 1 fully saturated rings. The molecule has 1 aromatic carbocycles. The number of carbonyl (C=O) groups excluding carboxylic acids is 4. The van der Waals surface area contributed by atoms with Gasteiger partial charge >= 0.3 is 24.1 Å². The molecule has 0 spiro atoms. The molecule has 1 saturated carbocycles. The fourth-order valence-electron chi connectivity index (χ4n) is 6.27. The van der Waals surface area contributed by atoms with Gasteiger partial charge in [-0.1, -0.05) is 42.5 Å². The van der Waals surface area contributed by atoms with E-state index in [1.54, 1.807) is 6.92 Å². The van der Waals surface area contributed by atoms with Gasteiger partial charge in [0, 0.05) is 39.0 Å². The summed E-state index contributed by atoms with van der Waals surface area (Å²) in [5.41, 5.74) is 0.0720. The number of aliphatic hydroxyl groups is 3. The molecule has 0 radical (unpaired) electrons. The van der Waals surface area contributed by atoms with Crippen LogP contribution in [0.1, 0.15) is 109 Å². The zero-order valence-corrected chi connectivity index (χ0v) is 32.4. The van der Waals surface area contributed by atoms with Gasteiger partial charge in [-0.15, -0.1) is 24.7 Å². The number of unbranched alkanes of at least 4 members (excludes halogenated alkanes) is 3. The second-order valence-corrected chi connectivity index (χ2v) is 14.5. The van der Waals surface area contributed by atoms with Crippen LogP contribution in [0, 0.1) is 41.9 Å². The minimum absolute atomic E-state index is 0.0683. The summed E-state index contributed by atoms with van der Waals surface area (Å²) in [4.78, 5) is 49.1. The molecule has 304 valence electrons. The molecule has 0 heterocycles. The molecule has 0 amide bonds. The van der Waals surface area contributed by atoms with Gasteiger partial charge in [0.2, 0.25) is 6.29 Å².